The van der Waals surface area contributed by atoms with Crippen molar-refractivity contribution < 1.29 is 17.7 Å². The number of hydrogen-bond donors (Lipinski definition) is 0. The first-order chi connectivity index (χ1) is 66.8. The van der Waals surface area contributed by atoms with E-state index in [1.807, 2.05) is 176 Å². The van der Waals surface area contributed by atoms with Crippen LogP contribution in [0.4, 0.5) is 0 Å². The molecule has 137 heavy (non-hydrogen) atoms. The Morgan fingerprint density at radius 3 is 0.956 bits per heavy atom. The van der Waals surface area contributed by atoms with Crippen LogP contribution < -0.4 is 27.8 Å². The molecular formula is C102H89N25O9S. The zero-order chi connectivity index (χ0) is 93.4. The molecule has 35 heteroatoms. The summed E-state index contributed by atoms with van der Waals surface area (Å²) in [5.41, 5.74) is 10.9. The van der Waals surface area contributed by atoms with Crippen molar-refractivity contribution in [3.8, 4) is 113 Å². The first-order valence-corrected chi connectivity index (χ1v) is 46.5. The van der Waals surface area contributed by atoms with E-state index in [2.05, 4.69) is 116 Å². The van der Waals surface area contributed by atoms with Crippen molar-refractivity contribution >= 4 is 65.9 Å². The summed E-state index contributed by atoms with van der Waals surface area (Å²) in [5, 5.41) is 46.1. The maximum Gasteiger partial charge on any atom is 0.266 e. The summed E-state index contributed by atoms with van der Waals surface area (Å²) in [5.74, 6) is 7.86. The second kappa shape index (κ2) is 37.3. The molecule has 5 aliphatic rings. The number of benzene rings is 5. The van der Waals surface area contributed by atoms with E-state index in [0.717, 1.165) is 194 Å². The van der Waals surface area contributed by atoms with Gasteiger partial charge in [-0.05, 0) is 214 Å². The number of aromatic nitrogens is 25. The summed E-state index contributed by atoms with van der Waals surface area (Å²) in [6, 6.07) is 55.3. The molecule has 0 spiro atoms. The number of pyridine rings is 5. The van der Waals surface area contributed by atoms with Crippen molar-refractivity contribution in [1.29, 1.82) is 0 Å². The fourth-order valence-electron chi connectivity index (χ4n) is 17.7. The smallest absolute Gasteiger partial charge is 0.266 e. The highest BCUT2D eigenvalue weighted by atomic mass is 32.1. The zero-order valence-corrected chi connectivity index (χ0v) is 76.3. The minimum absolute atomic E-state index is 0.0130. The average molecular weight is 1840 g/mol. The van der Waals surface area contributed by atoms with E-state index in [-0.39, 0.29) is 38.6 Å². The monoisotopic (exact) mass is 1840 g/mol. The second-order valence-electron chi connectivity index (χ2n) is 36.1. The van der Waals surface area contributed by atoms with E-state index in [0.29, 0.717) is 131 Å². The zero-order valence-electron chi connectivity index (χ0n) is 75.5. The van der Waals surface area contributed by atoms with Crippen molar-refractivity contribution in [3.05, 3.63) is 294 Å². The van der Waals surface area contributed by atoms with Gasteiger partial charge in [-0.2, -0.15) is 0 Å². The molecule has 0 aliphatic carbocycles. The van der Waals surface area contributed by atoms with E-state index in [9.17, 15) is 24.0 Å². The first kappa shape index (κ1) is 87.3. The molecule has 0 saturated carbocycles. The fourth-order valence-corrected chi connectivity index (χ4v) is 18.5. The van der Waals surface area contributed by atoms with Crippen LogP contribution in [0, 0.1) is 16.7 Å². The Hall–Kier alpha value is -16.3. The summed E-state index contributed by atoms with van der Waals surface area (Å²) >= 11 is 1.48. The van der Waals surface area contributed by atoms with Gasteiger partial charge < -0.3 is 17.7 Å². The number of hydrogen-bond acceptors (Lipinski definition) is 30. The summed E-state index contributed by atoms with van der Waals surface area (Å²) in [7, 11) is 0. The van der Waals surface area contributed by atoms with Gasteiger partial charge in [0, 0.05) is 124 Å². The Morgan fingerprint density at radius 2 is 0.591 bits per heavy atom. The Kier molecular flexibility index (Phi) is 23.8. The fraction of sp³-hybridized carbons (Fsp3) is 0.265. The minimum atomic E-state index is 0.0130. The molecule has 5 aromatic carbocycles. The molecule has 0 radical (unpaired) electrons. The lowest BCUT2D eigenvalue weighted by Gasteiger charge is -2.31. The maximum atomic E-state index is 13.0. The molecule has 20 aromatic rings. The van der Waals surface area contributed by atoms with Gasteiger partial charge in [0.15, 0.2) is 5.01 Å². The third-order valence-electron chi connectivity index (χ3n) is 25.2. The molecule has 682 valence electrons. The van der Waals surface area contributed by atoms with Crippen LogP contribution in [0.15, 0.2) is 255 Å². The van der Waals surface area contributed by atoms with Gasteiger partial charge in [-0.1, -0.05) is 88.8 Å². The lowest BCUT2D eigenvalue weighted by molar-refractivity contribution is 0.240. The summed E-state index contributed by atoms with van der Waals surface area (Å²) in [4.78, 5) is 109. The van der Waals surface area contributed by atoms with Gasteiger partial charge in [-0.25, -0.2) is 24.9 Å². The van der Waals surface area contributed by atoms with Crippen LogP contribution in [0.5, 0.6) is 0 Å². The maximum absolute atomic E-state index is 13.0. The van der Waals surface area contributed by atoms with Crippen molar-refractivity contribution in [2.75, 3.05) is 0 Å². The average Bonchev–Trinajstić information content (AvgIpc) is 1.72. The lowest BCUT2D eigenvalue weighted by Crippen LogP contribution is -2.36. The summed E-state index contributed by atoms with van der Waals surface area (Å²) in [6.45, 7) is 14.6. The molecule has 15 aromatic heterocycles. The Labute approximate surface area is 783 Å². The van der Waals surface area contributed by atoms with Gasteiger partial charge in [-0.3, -0.25) is 71.7 Å². The Bertz CT molecular complexity index is 8080. The summed E-state index contributed by atoms with van der Waals surface area (Å²) in [6.07, 6.45) is 22.0. The SMILES string of the molecule is CC1(C)CCc2nc3cc(-c4nnc(-c5ccccn5)o4)ccc3c(=O)n2C1.CC1(C)CCc2nc3cc(-c4nnc(-c5ccccn5)s4)ccc3c(=O)n2C1.CC1CCc2nc3cc(-c4nnc(-c5ccccn5)o4)ccc3c(=O)n2CC1.O=c1c2ccc(-c3nnc(-c4ccccn4)o3)cc2nc2n1CCCC2.O=c1c2ccc(-c3nnc(-c4ccccn4)o3)cc2nc2n1CCCCC2. The molecule has 5 aliphatic heterocycles. The highest BCUT2D eigenvalue weighted by Gasteiger charge is 2.31. The van der Waals surface area contributed by atoms with Crippen molar-refractivity contribution in [3.63, 3.8) is 0 Å². The number of aryl methyl sites for hydroxylation is 5. The van der Waals surface area contributed by atoms with Crippen LogP contribution in [0.3, 0.4) is 0 Å². The molecule has 34 nitrogen and oxygen atoms in total. The predicted molar refractivity (Wildman–Crippen MR) is 515 cm³/mol. The van der Waals surface area contributed by atoms with Gasteiger partial charge in [0.2, 0.25) is 23.6 Å². The quantitative estimate of drug-likeness (QED) is 0.123. The van der Waals surface area contributed by atoms with Gasteiger partial charge in [-0.15, -0.1) is 51.0 Å². The Balaban J connectivity index is 0.000000102. The van der Waals surface area contributed by atoms with Crippen LogP contribution in [0.2, 0.25) is 0 Å². The van der Waals surface area contributed by atoms with Crippen molar-refractivity contribution in [1.82, 2.24) is 124 Å². The van der Waals surface area contributed by atoms with Crippen LogP contribution in [-0.4, -0.2) is 124 Å². The van der Waals surface area contributed by atoms with E-state index in [4.69, 9.17) is 37.6 Å². The molecule has 1 atom stereocenters. The van der Waals surface area contributed by atoms with Crippen LogP contribution in [0.1, 0.15) is 122 Å². The lowest BCUT2D eigenvalue weighted by atomic mass is 9.85. The first-order valence-electron chi connectivity index (χ1n) is 45.7. The van der Waals surface area contributed by atoms with E-state index < -0.39 is 0 Å². The molecule has 25 rings (SSSR count). The number of nitrogens with zero attached hydrogens (tertiary/aromatic N) is 25. The molecule has 1 unspecified atom stereocenters. The molecule has 0 bridgehead atoms. The third kappa shape index (κ3) is 18.3. The Morgan fingerprint density at radius 1 is 0.292 bits per heavy atom. The van der Waals surface area contributed by atoms with Crippen LogP contribution in [0.25, 0.3) is 168 Å². The third-order valence-corrected chi connectivity index (χ3v) is 26.2. The van der Waals surface area contributed by atoms with E-state index >= 15 is 0 Å². The number of fused-ring (bicyclic) bond motifs is 10. The van der Waals surface area contributed by atoms with E-state index in [1.165, 1.54) is 11.3 Å². The van der Waals surface area contributed by atoms with Crippen molar-refractivity contribution in [2.45, 2.75) is 157 Å². The van der Waals surface area contributed by atoms with Crippen LogP contribution in [-0.2, 0) is 64.8 Å². The molecule has 0 amide bonds. The topological polar surface area (TPSA) is 420 Å². The normalized spacial score (nSPS) is 15.1. The number of rotatable bonds is 10. The largest absolute Gasteiger partial charge is 0.415 e. The standard InChI is InChI=1S/2C21H19N5O2.C21H19N5OS.C20H17N5O2.C19H15N5O2/c1-21(2)9-8-17-23-16-11-13(6-7-14(16)20(27)26(17)12-21)18-24-25-19(28-18)15-5-3-4-10-22-15;1-13-5-8-18-23-17-12-14(6-7-15(17)21(27)26(18)11-9-13)19-24-25-20(28-19)16-4-2-3-10-22-16;1-21(2)9-8-17-23-16-11-13(6-7-14(16)20(27)26(17)12-21)18-24-25-19(28-18)15-5-3-4-10-22-15;26-20-14-9-8-13(12-16(14)22-17-7-2-1-5-11-25(17)20)18-23-24-19(27-18)15-6-3-4-10-21-15;25-19-13-8-7-12(11-15(13)21-16-6-2-4-10-24(16)19)17-22-23-18(26-17)14-5-1-3-9-20-14/h3-7,10-11H,8-9,12H2,1-2H3;2-4,6-7,10,12-13H,5,8-9,11H2,1H3;3-7,10-11H,8-9,12H2,1-2H3;3-4,6,8-10,12H,1-2,5,7,11H2;1,3,5,7-9,11H,2,4,6,10H2. The summed E-state index contributed by atoms with van der Waals surface area (Å²) < 4.78 is 32.2. The van der Waals surface area contributed by atoms with Gasteiger partial charge in [0.25, 0.3) is 51.4 Å². The molecule has 0 N–H and O–H groups in total. The minimum Gasteiger partial charge on any atom is -0.415 e. The highest BCUT2D eigenvalue weighted by molar-refractivity contribution is 7.17. The van der Waals surface area contributed by atoms with Gasteiger partial charge in [0.05, 0.1) is 54.5 Å². The van der Waals surface area contributed by atoms with Gasteiger partial charge >= 0.3 is 0 Å². The van der Waals surface area contributed by atoms with Crippen LogP contribution >= 0.6 is 11.3 Å². The van der Waals surface area contributed by atoms with E-state index in [1.54, 1.807) is 59.8 Å². The van der Waals surface area contributed by atoms with Gasteiger partial charge in [0.1, 0.15) is 62.6 Å². The highest BCUT2D eigenvalue weighted by Crippen LogP contribution is 2.37. The second-order valence-corrected chi connectivity index (χ2v) is 37.1. The molecule has 0 fully saturated rings. The molecule has 0 saturated heterocycles. The molecular weight excluding hydrogens is 1750 g/mol. The van der Waals surface area contributed by atoms with Crippen molar-refractivity contribution in [2.24, 2.45) is 16.7 Å². The predicted octanol–water partition coefficient (Wildman–Crippen LogP) is 17.0. The molecule has 20 heterocycles.